The molecule has 0 N–H and O–H groups in total. The van der Waals surface area contributed by atoms with Crippen LogP contribution in [0.15, 0.2) is 109 Å². The summed E-state index contributed by atoms with van der Waals surface area (Å²) in [5.74, 6) is 0.905. The molecule has 0 radical (unpaired) electrons. The van der Waals surface area contributed by atoms with Gasteiger partial charge in [0.05, 0.1) is 26.3 Å². The molecule has 0 amide bonds. The molecule has 0 unspecified atom stereocenters. The Bertz CT molecular complexity index is 1620. The number of hydrogen-bond donors (Lipinski definition) is 0. The molecule has 0 aliphatic heterocycles. The number of imidazole rings is 1. The highest BCUT2D eigenvalue weighted by Gasteiger charge is 2.12. The second-order valence-electron chi connectivity index (χ2n) is 8.80. The van der Waals surface area contributed by atoms with E-state index in [1.165, 1.54) is 15.3 Å². The third-order valence-electron chi connectivity index (χ3n) is 6.34. The van der Waals surface area contributed by atoms with Gasteiger partial charge in [0.1, 0.15) is 5.82 Å². The summed E-state index contributed by atoms with van der Waals surface area (Å²) in [5, 5.41) is 1.18. The second kappa shape index (κ2) is 9.80. The van der Waals surface area contributed by atoms with Crippen LogP contribution in [0.25, 0.3) is 33.0 Å². The first kappa shape index (κ1) is 22.3. The lowest BCUT2D eigenvalue weighted by Crippen LogP contribution is -2.07. The van der Waals surface area contributed by atoms with Gasteiger partial charge in [-0.2, -0.15) is 0 Å². The highest BCUT2D eigenvalue weighted by molar-refractivity contribution is 7.18. The van der Waals surface area contributed by atoms with Crippen molar-refractivity contribution >= 4 is 44.4 Å². The fourth-order valence-electron chi connectivity index (χ4n) is 4.47. The van der Waals surface area contributed by atoms with E-state index >= 15 is 0 Å². The monoisotopic (exact) mass is 486 g/mol. The Labute approximate surface area is 214 Å². The van der Waals surface area contributed by atoms with Gasteiger partial charge in [-0.1, -0.05) is 54.6 Å². The van der Waals surface area contributed by atoms with Crippen molar-refractivity contribution in [3.8, 4) is 5.69 Å². The van der Waals surface area contributed by atoms with Gasteiger partial charge in [0.15, 0.2) is 0 Å². The third kappa shape index (κ3) is 4.53. The summed E-state index contributed by atoms with van der Waals surface area (Å²) in [4.78, 5) is 11.9. The first-order valence-electron chi connectivity index (χ1n) is 12.1. The van der Waals surface area contributed by atoms with E-state index in [0.717, 1.165) is 46.6 Å². The van der Waals surface area contributed by atoms with Crippen LogP contribution in [0.1, 0.15) is 16.4 Å². The molecule has 36 heavy (non-hydrogen) atoms. The molecule has 0 spiro atoms. The van der Waals surface area contributed by atoms with Crippen LogP contribution in [0.5, 0.6) is 0 Å². The van der Waals surface area contributed by atoms with Gasteiger partial charge >= 0.3 is 0 Å². The van der Waals surface area contributed by atoms with Crippen molar-refractivity contribution in [2.45, 2.75) is 12.8 Å². The van der Waals surface area contributed by atoms with Crippen LogP contribution < -0.4 is 4.90 Å². The molecule has 0 aliphatic carbocycles. The SMILES string of the molecule is CN(C=Cc1nc2cc(CCc3nc4ccccc4s3)ccc2n1-c1ccccc1)c1ccccc1. The Morgan fingerprint density at radius 2 is 1.53 bits per heavy atom. The smallest absolute Gasteiger partial charge is 0.139 e. The van der Waals surface area contributed by atoms with Crippen molar-refractivity contribution in [2.75, 3.05) is 11.9 Å². The number of aromatic nitrogens is 3. The molecule has 4 aromatic carbocycles. The molecule has 6 aromatic rings. The number of thiazole rings is 1. The summed E-state index contributed by atoms with van der Waals surface area (Å²) in [6.45, 7) is 0. The molecular weight excluding hydrogens is 460 g/mol. The zero-order chi connectivity index (χ0) is 24.3. The quantitative estimate of drug-likeness (QED) is 0.234. The zero-order valence-electron chi connectivity index (χ0n) is 20.1. The molecule has 0 saturated carbocycles. The molecule has 5 heteroatoms. The standard InChI is InChI=1S/C31H26N4S/c1-34(24-10-4-2-5-11-24)21-20-30-32-27-22-23(16-18-28(27)35(30)25-12-6-3-7-13-25)17-19-31-33-26-14-8-9-15-29(26)36-31/h2-16,18,20-22H,17,19H2,1H3. The van der Waals surface area contributed by atoms with Crippen molar-refractivity contribution in [3.63, 3.8) is 0 Å². The van der Waals surface area contributed by atoms with Crippen molar-refractivity contribution < 1.29 is 0 Å². The van der Waals surface area contributed by atoms with Crippen molar-refractivity contribution in [2.24, 2.45) is 0 Å². The van der Waals surface area contributed by atoms with Gasteiger partial charge in [-0.3, -0.25) is 4.57 Å². The molecule has 2 heterocycles. The summed E-state index contributed by atoms with van der Waals surface area (Å²) in [6, 6.07) is 35.7. The number of rotatable bonds is 7. The third-order valence-corrected chi connectivity index (χ3v) is 7.43. The van der Waals surface area contributed by atoms with Crippen LogP contribution in [0, 0.1) is 0 Å². The minimum absolute atomic E-state index is 0.905. The van der Waals surface area contributed by atoms with Gasteiger partial charge in [-0.05, 0) is 66.6 Å². The molecule has 0 aliphatic rings. The van der Waals surface area contributed by atoms with Crippen LogP contribution in [0.2, 0.25) is 0 Å². The van der Waals surface area contributed by atoms with Crippen LogP contribution in [0.3, 0.4) is 0 Å². The summed E-state index contributed by atoms with van der Waals surface area (Å²) < 4.78 is 3.48. The van der Waals surface area contributed by atoms with E-state index < -0.39 is 0 Å². The van der Waals surface area contributed by atoms with Crippen molar-refractivity contribution in [1.29, 1.82) is 0 Å². The van der Waals surface area contributed by atoms with E-state index in [-0.39, 0.29) is 0 Å². The van der Waals surface area contributed by atoms with Crippen molar-refractivity contribution in [3.05, 3.63) is 126 Å². The Morgan fingerprint density at radius 1 is 0.778 bits per heavy atom. The van der Waals surface area contributed by atoms with Crippen molar-refractivity contribution in [1.82, 2.24) is 14.5 Å². The van der Waals surface area contributed by atoms with Crippen LogP contribution in [-0.2, 0) is 12.8 Å². The van der Waals surface area contributed by atoms with Gasteiger partial charge in [-0.25, -0.2) is 9.97 Å². The number of anilines is 1. The van der Waals surface area contributed by atoms with E-state index in [0.29, 0.717) is 0 Å². The number of para-hydroxylation sites is 3. The van der Waals surface area contributed by atoms with Gasteiger partial charge in [0, 0.05) is 31.0 Å². The molecule has 0 bridgehead atoms. The number of benzene rings is 4. The summed E-state index contributed by atoms with van der Waals surface area (Å²) in [7, 11) is 2.06. The lowest BCUT2D eigenvalue weighted by Gasteiger charge is -2.14. The molecule has 2 aromatic heterocycles. The minimum Gasteiger partial charge on any atom is -0.351 e. The largest absolute Gasteiger partial charge is 0.351 e. The van der Waals surface area contributed by atoms with E-state index in [1.54, 1.807) is 11.3 Å². The molecule has 0 saturated heterocycles. The first-order chi connectivity index (χ1) is 17.7. The number of aryl methyl sites for hydroxylation is 2. The summed E-state index contributed by atoms with van der Waals surface area (Å²) in [5.41, 5.74) is 6.70. The highest BCUT2D eigenvalue weighted by atomic mass is 32.1. The number of fused-ring (bicyclic) bond motifs is 2. The minimum atomic E-state index is 0.905. The molecule has 0 fully saturated rings. The molecule has 6 rings (SSSR count). The maximum atomic E-state index is 5.04. The van der Waals surface area contributed by atoms with Gasteiger partial charge < -0.3 is 4.90 Å². The van der Waals surface area contributed by atoms with E-state index in [9.17, 15) is 0 Å². The maximum absolute atomic E-state index is 5.04. The molecule has 176 valence electrons. The average molecular weight is 487 g/mol. The Balaban J connectivity index is 1.32. The van der Waals surface area contributed by atoms with E-state index in [2.05, 4.69) is 114 Å². The fourth-order valence-corrected chi connectivity index (χ4v) is 5.43. The van der Waals surface area contributed by atoms with Crippen LogP contribution in [0.4, 0.5) is 5.69 Å². The second-order valence-corrected chi connectivity index (χ2v) is 9.92. The Kier molecular flexibility index (Phi) is 6.06. The number of hydrogen-bond acceptors (Lipinski definition) is 4. The molecule has 4 nitrogen and oxygen atoms in total. The topological polar surface area (TPSA) is 34.0 Å². The Hall–Kier alpha value is -4.22. The van der Waals surface area contributed by atoms with Gasteiger partial charge in [-0.15, -0.1) is 11.3 Å². The zero-order valence-corrected chi connectivity index (χ0v) is 20.9. The first-order valence-corrected chi connectivity index (χ1v) is 12.9. The average Bonchev–Trinajstić information content (AvgIpc) is 3.52. The van der Waals surface area contributed by atoms with Crippen LogP contribution in [-0.4, -0.2) is 21.6 Å². The molecule has 0 atom stereocenters. The predicted molar refractivity (Wildman–Crippen MR) is 152 cm³/mol. The van der Waals surface area contributed by atoms with Crippen LogP contribution >= 0.6 is 11.3 Å². The van der Waals surface area contributed by atoms with E-state index in [1.807, 2.05) is 18.2 Å². The maximum Gasteiger partial charge on any atom is 0.139 e. The highest BCUT2D eigenvalue weighted by Crippen LogP contribution is 2.26. The predicted octanol–water partition coefficient (Wildman–Crippen LogP) is 7.53. The van der Waals surface area contributed by atoms with Gasteiger partial charge in [0.2, 0.25) is 0 Å². The fraction of sp³-hybridized carbons (Fsp3) is 0.0968. The van der Waals surface area contributed by atoms with E-state index in [4.69, 9.17) is 9.97 Å². The molecular formula is C31H26N4S. The lowest BCUT2D eigenvalue weighted by atomic mass is 10.1. The number of nitrogens with zero attached hydrogens (tertiary/aromatic N) is 4. The van der Waals surface area contributed by atoms with Gasteiger partial charge in [0.25, 0.3) is 0 Å². The lowest BCUT2D eigenvalue weighted by molar-refractivity contribution is 0.950. The summed E-state index contributed by atoms with van der Waals surface area (Å²) >= 11 is 1.79. The normalized spacial score (nSPS) is 11.6. The summed E-state index contributed by atoms with van der Waals surface area (Å²) in [6.07, 6.45) is 6.03. The Morgan fingerprint density at radius 3 is 2.33 bits per heavy atom.